The van der Waals surface area contributed by atoms with Crippen molar-refractivity contribution in [1.29, 1.82) is 0 Å². The molecule has 4 rings (SSSR count). The Bertz CT molecular complexity index is 845. The predicted molar refractivity (Wildman–Crippen MR) is 102 cm³/mol. The predicted octanol–water partition coefficient (Wildman–Crippen LogP) is 2.73. The fourth-order valence-electron chi connectivity index (χ4n) is 3.63. The van der Waals surface area contributed by atoms with Crippen molar-refractivity contribution in [2.24, 2.45) is 5.41 Å². The number of hydrogen-bond donors (Lipinski definition) is 0. The minimum Gasteiger partial charge on any atom is -0.492 e. The zero-order chi connectivity index (χ0) is 19.6. The molecule has 0 N–H and O–H groups in total. The summed E-state index contributed by atoms with van der Waals surface area (Å²) in [5.74, 6) is 0.937. The lowest BCUT2D eigenvalue weighted by Gasteiger charge is -2.26. The summed E-state index contributed by atoms with van der Waals surface area (Å²) in [6.07, 6.45) is 6.11. The number of benzene rings is 1. The SMILES string of the molecule is CN1CCCCN(C(=O)c2cnco2)Cc2cccc(c2)OCC2(CC2)C1=O. The monoisotopic (exact) mass is 383 g/mol. The summed E-state index contributed by atoms with van der Waals surface area (Å²) in [6, 6.07) is 7.73. The van der Waals surface area contributed by atoms with E-state index in [0.29, 0.717) is 26.2 Å². The molecule has 7 nitrogen and oxygen atoms in total. The first-order chi connectivity index (χ1) is 13.6. The van der Waals surface area contributed by atoms with Gasteiger partial charge in [0.15, 0.2) is 6.39 Å². The van der Waals surface area contributed by atoms with E-state index in [1.807, 2.05) is 31.3 Å². The molecule has 2 amide bonds. The second-order valence-electron chi connectivity index (χ2n) is 7.74. The Balaban J connectivity index is 1.57. The summed E-state index contributed by atoms with van der Waals surface area (Å²) in [6.45, 7) is 2.13. The first-order valence-electron chi connectivity index (χ1n) is 9.72. The number of amides is 2. The molecule has 0 atom stereocenters. The van der Waals surface area contributed by atoms with Crippen LogP contribution in [0.25, 0.3) is 0 Å². The van der Waals surface area contributed by atoms with Crippen LogP contribution in [-0.2, 0) is 11.3 Å². The molecule has 7 heteroatoms. The molecule has 1 saturated carbocycles. The molecule has 1 fully saturated rings. The number of hydrogen-bond acceptors (Lipinski definition) is 5. The topological polar surface area (TPSA) is 75.9 Å². The number of nitrogens with zero attached hydrogens (tertiary/aromatic N) is 3. The van der Waals surface area contributed by atoms with E-state index in [9.17, 15) is 9.59 Å². The lowest BCUT2D eigenvalue weighted by atomic mass is 10.1. The smallest absolute Gasteiger partial charge is 0.291 e. The molecule has 2 bridgehead atoms. The van der Waals surface area contributed by atoms with Crippen molar-refractivity contribution in [2.45, 2.75) is 32.2 Å². The van der Waals surface area contributed by atoms with Gasteiger partial charge in [0, 0.05) is 26.7 Å². The number of rotatable bonds is 1. The van der Waals surface area contributed by atoms with Gasteiger partial charge in [-0.25, -0.2) is 4.98 Å². The first kappa shape index (κ1) is 18.5. The highest BCUT2D eigenvalue weighted by Crippen LogP contribution is 2.47. The number of ether oxygens (including phenoxy) is 1. The van der Waals surface area contributed by atoms with Crippen LogP contribution in [0.2, 0.25) is 0 Å². The molecule has 0 radical (unpaired) electrons. The van der Waals surface area contributed by atoms with Crippen LogP contribution in [0.1, 0.15) is 41.8 Å². The van der Waals surface area contributed by atoms with Gasteiger partial charge in [0.2, 0.25) is 11.7 Å². The van der Waals surface area contributed by atoms with Crippen molar-refractivity contribution in [2.75, 3.05) is 26.7 Å². The molecule has 2 aromatic rings. The lowest BCUT2D eigenvalue weighted by molar-refractivity contribution is -0.136. The number of aromatic nitrogens is 1. The third kappa shape index (κ3) is 3.88. The molecule has 1 aliphatic heterocycles. The fraction of sp³-hybridized carbons (Fsp3) is 0.476. The van der Waals surface area contributed by atoms with Crippen molar-refractivity contribution < 1.29 is 18.7 Å². The van der Waals surface area contributed by atoms with E-state index in [4.69, 9.17) is 9.15 Å². The van der Waals surface area contributed by atoms with Crippen molar-refractivity contribution in [1.82, 2.24) is 14.8 Å². The quantitative estimate of drug-likeness (QED) is 0.757. The molecule has 28 heavy (non-hydrogen) atoms. The van der Waals surface area contributed by atoms with Gasteiger partial charge < -0.3 is 19.0 Å². The van der Waals surface area contributed by atoms with Gasteiger partial charge in [-0.2, -0.15) is 0 Å². The zero-order valence-electron chi connectivity index (χ0n) is 16.1. The summed E-state index contributed by atoms with van der Waals surface area (Å²) >= 11 is 0. The van der Waals surface area contributed by atoms with Crippen molar-refractivity contribution in [3.05, 3.63) is 48.2 Å². The highest BCUT2D eigenvalue weighted by atomic mass is 16.5. The van der Waals surface area contributed by atoms with Crippen LogP contribution in [0.3, 0.4) is 0 Å². The summed E-state index contributed by atoms with van der Waals surface area (Å²) in [4.78, 5) is 33.0. The summed E-state index contributed by atoms with van der Waals surface area (Å²) in [5, 5.41) is 0. The van der Waals surface area contributed by atoms with Gasteiger partial charge >= 0.3 is 0 Å². The van der Waals surface area contributed by atoms with Crippen molar-refractivity contribution in [3.63, 3.8) is 0 Å². The molecule has 1 aromatic carbocycles. The van der Waals surface area contributed by atoms with Crippen molar-refractivity contribution >= 4 is 11.8 Å². The van der Waals surface area contributed by atoms with E-state index in [-0.39, 0.29) is 23.0 Å². The minimum absolute atomic E-state index is 0.162. The second-order valence-corrected chi connectivity index (χ2v) is 7.74. The van der Waals surface area contributed by atoms with E-state index >= 15 is 0 Å². The normalized spacial score (nSPS) is 19.8. The average Bonchev–Trinajstić information content (AvgIpc) is 3.30. The number of carbonyl (C=O) groups is 2. The Morgan fingerprint density at radius 2 is 2.04 bits per heavy atom. The Morgan fingerprint density at radius 3 is 2.79 bits per heavy atom. The number of oxazole rings is 1. The Morgan fingerprint density at radius 1 is 1.21 bits per heavy atom. The molecule has 0 saturated heterocycles. The van der Waals surface area contributed by atoms with Crippen LogP contribution in [0.15, 0.2) is 41.3 Å². The van der Waals surface area contributed by atoms with Crippen LogP contribution in [0, 0.1) is 5.41 Å². The maximum atomic E-state index is 12.8. The first-order valence-corrected chi connectivity index (χ1v) is 9.72. The van der Waals surface area contributed by atoms with Gasteiger partial charge in [0.1, 0.15) is 12.4 Å². The fourth-order valence-corrected chi connectivity index (χ4v) is 3.63. The van der Waals surface area contributed by atoms with E-state index in [0.717, 1.165) is 37.0 Å². The summed E-state index contributed by atoms with van der Waals surface area (Å²) < 4.78 is 11.2. The van der Waals surface area contributed by atoms with Crippen LogP contribution in [0.4, 0.5) is 0 Å². The Hall–Kier alpha value is -2.83. The molecule has 2 aliphatic rings. The molecule has 1 aromatic heterocycles. The molecule has 1 aliphatic carbocycles. The lowest BCUT2D eigenvalue weighted by Crippen LogP contribution is -2.38. The largest absolute Gasteiger partial charge is 0.492 e. The van der Waals surface area contributed by atoms with Crippen LogP contribution < -0.4 is 4.74 Å². The number of fused-ring (bicyclic) bond motifs is 2. The van der Waals surface area contributed by atoms with Gasteiger partial charge in [-0.3, -0.25) is 9.59 Å². The molecule has 1 spiro atoms. The zero-order valence-corrected chi connectivity index (χ0v) is 16.1. The standard InChI is InChI=1S/C21H25N3O4/c1-23-9-2-3-10-24(19(25)18-12-22-15-28-18)13-16-5-4-6-17(11-16)27-14-21(7-8-21)20(23)26/h4-6,11-12,15H,2-3,7-10,13-14H2,1H3. The molecule has 148 valence electrons. The maximum absolute atomic E-state index is 12.8. The van der Waals surface area contributed by atoms with Crippen LogP contribution in [0.5, 0.6) is 5.75 Å². The number of carbonyl (C=O) groups excluding carboxylic acids is 2. The van der Waals surface area contributed by atoms with Gasteiger partial charge in [-0.1, -0.05) is 12.1 Å². The summed E-state index contributed by atoms with van der Waals surface area (Å²) in [7, 11) is 1.85. The third-order valence-corrected chi connectivity index (χ3v) is 5.54. The van der Waals surface area contributed by atoms with Crippen LogP contribution >= 0.6 is 0 Å². The molecular weight excluding hydrogens is 358 g/mol. The Kier molecular flexibility index (Phi) is 5.07. The molecule has 2 heterocycles. The maximum Gasteiger partial charge on any atom is 0.291 e. The minimum atomic E-state index is -0.358. The highest BCUT2D eigenvalue weighted by molar-refractivity contribution is 5.91. The van der Waals surface area contributed by atoms with E-state index in [1.54, 1.807) is 9.80 Å². The van der Waals surface area contributed by atoms with Gasteiger partial charge in [0.25, 0.3) is 5.91 Å². The molecular formula is C21H25N3O4. The third-order valence-electron chi connectivity index (χ3n) is 5.54. The van der Waals surface area contributed by atoms with Crippen molar-refractivity contribution in [3.8, 4) is 5.75 Å². The van der Waals surface area contributed by atoms with E-state index < -0.39 is 0 Å². The van der Waals surface area contributed by atoms with Gasteiger partial charge in [-0.05, 0) is 43.4 Å². The van der Waals surface area contributed by atoms with Gasteiger partial charge in [-0.15, -0.1) is 0 Å². The van der Waals surface area contributed by atoms with Gasteiger partial charge in [0.05, 0.1) is 11.6 Å². The molecule has 0 unspecified atom stereocenters. The second kappa shape index (κ2) is 7.66. The summed E-state index contributed by atoms with van der Waals surface area (Å²) in [5.41, 5.74) is 0.624. The van der Waals surface area contributed by atoms with Crippen LogP contribution in [-0.4, -0.2) is 53.3 Å². The Labute approximate surface area is 164 Å². The highest BCUT2D eigenvalue weighted by Gasteiger charge is 2.52. The van der Waals surface area contributed by atoms with E-state index in [2.05, 4.69) is 4.98 Å². The average molecular weight is 383 g/mol. The van der Waals surface area contributed by atoms with E-state index in [1.165, 1.54) is 12.6 Å².